The Morgan fingerprint density at radius 2 is 1.94 bits per heavy atom. The number of hydrogen-bond acceptors (Lipinski definition) is 5. The maximum absolute atomic E-state index is 12.9. The number of fused-ring (bicyclic) bond motifs is 1. The summed E-state index contributed by atoms with van der Waals surface area (Å²) in [5.74, 6) is 1.20. The highest BCUT2D eigenvalue weighted by Gasteiger charge is 2.42. The van der Waals surface area contributed by atoms with Gasteiger partial charge in [0.2, 0.25) is 11.8 Å². The van der Waals surface area contributed by atoms with E-state index in [2.05, 4.69) is 15.2 Å². The number of amides is 2. The van der Waals surface area contributed by atoms with Crippen LogP contribution in [-0.4, -0.2) is 66.4 Å². The average Bonchev–Trinajstić information content (AvgIpc) is 3.33. The topological polar surface area (TPSA) is 74.8 Å². The molecule has 2 fully saturated rings. The molecule has 1 N–H and O–H groups in total. The van der Waals surface area contributed by atoms with Gasteiger partial charge in [-0.2, -0.15) is 0 Å². The van der Waals surface area contributed by atoms with Gasteiger partial charge in [-0.25, -0.2) is 4.98 Å². The zero-order valence-electron chi connectivity index (χ0n) is 17.8. The minimum atomic E-state index is -0.0259. The van der Waals surface area contributed by atoms with Gasteiger partial charge < -0.3 is 19.9 Å². The maximum Gasteiger partial charge on any atom is 0.259 e. The summed E-state index contributed by atoms with van der Waals surface area (Å²) in [7, 11) is 1.53. The van der Waals surface area contributed by atoms with Crippen molar-refractivity contribution in [1.29, 1.82) is 0 Å². The summed E-state index contributed by atoms with van der Waals surface area (Å²) in [6.07, 6.45) is 2.05. The maximum atomic E-state index is 12.9. The van der Waals surface area contributed by atoms with Crippen molar-refractivity contribution < 1.29 is 14.3 Å². The van der Waals surface area contributed by atoms with Crippen LogP contribution < -0.4 is 10.1 Å². The first-order chi connectivity index (χ1) is 14.9. The number of anilines is 1. The SMILES string of the molecule is COc1ncccc1C(=O)N1CC2CN(CCC(=O)Nc3ccc(C)c(Cl)c3)CC2C1. The van der Waals surface area contributed by atoms with E-state index in [0.717, 1.165) is 37.4 Å². The summed E-state index contributed by atoms with van der Waals surface area (Å²) >= 11 is 6.12. The number of nitrogens with zero attached hydrogens (tertiary/aromatic N) is 3. The number of nitrogens with one attached hydrogen (secondary N) is 1. The van der Waals surface area contributed by atoms with E-state index in [9.17, 15) is 9.59 Å². The largest absolute Gasteiger partial charge is 0.480 e. The number of rotatable bonds is 6. The van der Waals surface area contributed by atoms with Crippen LogP contribution in [0.4, 0.5) is 5.69 Å². The van der Waals surface area contributed by atoms with Crippen LogP contribution in [-0.2, 0) is 4.79 Å². The Labute approximate surface area is 187 Å². The number of carbonyl (C=O) groups excluding carboxylic acids is 2. The van der Waals surface area contributed by atoms with Gasteiger partial charge in [0, 0.05) is 56.1 Å². The Morgan fingerprint density at radius 3 is 2.61 bits per heavy atom. The summed E-state index contributed by atoms with van der Waals surface area (Å²) < 4.78 is 5.23. The van der Waals surface area contributed by atoms with E-state index in [1.807, 2.05) is 24.0 Å². The van der Waals surface area contributed by atoms with Gasteiger partial charge in [0.15, 0.2) is 0 Å². The summed E-state index contributed by atoms with van der Waals surface area (Å²) in [5, 5.41) is 3.56. The highest BCUT2D eigenvalue weighted by atomic mass is 35.5. The summed E-state index contributed by atoms with van der Waals surface area (Å²) in [6.45, 7) is 5.91. The Bertz CT molecular complexity index is 969. The average molecular weight is 443 g/mol. The number of likely N-dealkylation sites (tertiary alicyclic amines) is 2. The minimum absolute atomic E-state index is 0.0162. The molecule has 2 amide bonds. The van der Waals surface area contributed by atoms with E-state index in [1.54, 1.807) is 24.4 Å². The molecule has 2 aliphatic rings. The standard InChI is InChI=1S/C23H27ClN4O3/c1-15-5-6-18(10-20(15)24)26-21(29)7-9-27-11-16-13-28(14-17(16)12-27)23(30)19-4-3-8-25-22(19)31-2/h3-6,8,10,16-17H,7,9,11-14H2,1-2H3,(H,26,29). The highest BCUT2D eigenvalue weighted by Crippen LogP contribution is 2.32. The first-order valence-corrected chi connectivity index (χ1v) is 10.9. The van der Waals surface area contributed by atoms with Crippen LogP contribution in [0.1, 0.15) is 22.3 Å². The van der Waals surface area contributed by atoms with E-state index < -0.39 is 0 Å². The summed E-state index contributed by atoms with van der Waals surface area (Å²) in [4.78, 5) is 33.6. The number of aromatic nitrogens is 1. The van der Waals surface area contributed by atoms with E-state index >= 15 is 0 Å². The van der Waals surface area contributed by atoms with Crippen molar-refractivity contribution in [3.63, 3.8) is 0 Å². The van der Waals surface area contributed by atoms with Crippen LogP contribution in [0.25, 0.3) is 0 Å². The number of pyridine rings is 1. The van der Waals surface area contributed by atoms with E-state index in [1.165, 1.54) is 7.11 Å². The molecule has 2 unspecified atom stereocenters. The fraction of sp³-hybridized carbons (Fsp3) is 0.435. The molecule has 0 aliphatic carbocycles. The predicted octanol–water partition coefficient (Wildman–Crippen LogP) is 3.08. The number of ether oxygens (including phenoxy) is 1. The van der Waals surface area contributed by atoms with E-state index in [0.29, 0.717) is 41.3 Å². The van der Waals surface area contributed by atoms with Crippen molar-refractivity contribution in [1.82, 2.24) is 14.8 Å². The van der Waals surface area contributed by atoms with Gasteiger partial charge >= 0.3 is 0 Å². The molecule has 1 aromatic heterocycles. The molecular formula is C23H27ClN4O3. The van der Waals surface area contributed by atoms with Crippen LogP contribution in [0.2, 0.25) is 5.02 Å². The third-order valence-corrected chi connectivity index (χ3v) is 6.56. The van der Waals surface area contributed by atoms with Crippen molar-refractivity contribution in [3.05, 3.63) is 52.7 Å². The lowest BCUT2D eigenvalue weighted by Gasteiger charge is -2.22. The Kier molecular flexibility index (Phi) is 6.43. The van der Waals surface area contributed by atoms with Gasteiger partial charge in [-0.1, -0.05) is 17.7 Å². The molecule has 8 heteroatoms. The second-order valence-corrected chi connectivity index (χ2v) is 8.72. The Hall–Kier alpha value is -2.64. The Morgan fingerprint density at radius 1 is 1.19 bits per heavy atom. The molecule has 0 bridgehead atoms. The molecule has 1 aromatic carbocycles. The highest BCUT2D eigenvalue weighted by molar-refractivity contribution is 6.31. The first-order valence-electron chi connectivity index (χ1n) is 10.5. The number of methoxy groups -OCH3 is 1. The normalized spacial score (nSPS) is 20.5. The lowest BCUT2D eigenvalue weighted by atomic mass is 10.0. The van der Waals surface area contributed by atoms with Crippen molar-refractivity contribution in [3.8, 4) is 5.88 Å². The molecule has 2 saturated heterocycles. The molecule has 2 aromatic rings. The molecule has 2 aliphatic heterocycles. The van der Waals surface area contributed by atoms with Gasteiger partial charge in [0.1, 0.15) is 5.56 Å². The number of aryl methyl sites for hydroxylation is 1. The fourth-order valence-electron chi connectivity index (χ4n) is 4.48. The van der Waals surface area contributed by atoms with Crippen molar-refractivity contribution in [2.75, 3.05) is 45.2 Å². The van der Waals surface area contributed by atoms with Crippen molar-refractivity contribution in [2.24, 2.45) is 11.8 Å². The molecule has 7 nitrogen and oxygen atoms in total. The van der Waals surface area contributed by atoms with Gasteiger partial charge in [0.05, 0.1) is 7.11 Å². The molecule has 0 radical (unpaired) electrons. The molecule has 0 spiro atoms. The summed E-state index contributed by atoms with van der Waals surface area (Å²) in [5.41, 5.74) is 2.21. The smallest absolute Gasteiger partial charge is 0.259 e. The molecule has 3 heterocycles. The monoisotopic (exact) mass is 442 g/mol. The molecule has 0 saturated carbocycles. The fourth-order valence-corrected chi connectivity index (χ4v) is 4.66. The van der Waals surface area contributed by atoms with Crippen LogP contribution in [0.5, 0.6) is 5.88 Å². The lowest BCUT2D eigenvalue weighted by Crippen LogP contribution is -2.34. The number of halogens is 1. The quantitative estimate of drug-likeness (QED) is 0.744. The number of benzene rings is 1. The Balaban J connectivity index is 1.25. The molecule has 2 atom stereocenters. The van der Waals surface area contributed by atoms with Crippen molar-refractivity contribution in [2.45, 2.75) is 13.3 Å². The van der Waals surface area contributed by atoms with Gasteiger partial charge in [-0.15, -0.1) is 0 Å². The molecule has 31 heavy (non-hydrogen) atoms. The van der Waals surface area contributed by atoms with E-state index in [4.69, 9.17) is 16.3 Å². The van der Waals surface area contributed by atoms with Gasteiger partial charge in [-0.05, 0) is 48.6 Å². The number of carbonyl (C=O) groups is 2. The van der Waals surface area contributed by atoms with Crippen LogP contribution in [0.3, 0.4) is 0 Å². The van der Waals surface area contributed by atoms with Crippen LogP contribution in [0, 0.1) is 18.8 Å². The first kappa shape index (κ1) is 21.6. The van der Waals surface area contributed by atoms with Crippen LogP contribution >= 0.6 is 11.6 Å². The third kappa shape index (κ3) is 4.83. The second-order valence-electron chi connectivity index (χ2n) is 8.31. The van der Waals surface area contributed by atoms with Crippen molar-refractivity contribution >= 4 is 29.1 Å². The second kappa shape index (κ2) is 9.24. The molecule has 4 rings (SSSR count). The molecular weight excluding hydrogens is 416 g/mol. The predicted molar refractivity (Wildman–Crippen MR) is 120 cm³/mol. The zero-order valence-corrected chi connectivity index (χ0v) is 18.6. The zero-order chi connectivity index (χ0) is 22.0. The van der Waals surface area contributed by atoms with Crippen LogP contribution in [0.15, 0.2) is 36.5 Å². The third-order valence-electron chi connectivity index (χ3n) is 6.15. The minimum Gasteiger partial charge on any atom is -0.480 e. The lowest BCUT2D eigenvalue weighted by molar-refractivity contribution is -0.116. The van der Waals surface area contributed by atoms with Gasteiger partial charge in [-0.3, -0.25) is 9.59 Å². The van der Waals surface area contributed by atoms with Gasteiger partial charge in [0.25, 0.3) is 5.91 Å². The molecule has 164 valence electrons. The van der Waals surface area contributed by atoms with E-state index in [-0.39, 0.29) is 11.8 Å². The summed E-state index contributed by atoms with van der Waals surface area (Å²) in [6, 6.07) is 9.05. The number of hydrogen-bond donors (Lipinski definition) is 1.